The molecule has 0 saturated carbocycles. The number of thioether (sulfide) groups is 1. The molecule has 0 aromatic heterocycles. The number of anilines is 1. The summed E-state index contributed by atoms with van der Waals surface area (Å²) in [6.07, 6.45) is 0.817. The van der Waals surface area contributed by atoms with Gasteiger partial charge in [0.25, 0.3) is 5.76 Å². The molecule has 1 aliphatic rings. The summed E-state index contributed by atoms with van der Waals surface area (Å²) >= 11 is 0.475. The van der Waals surface area contributed by atoms with E-state index in [-0.39, 0.29) is 24.2 Å². The number of benzene rings is 1. The molecule has 1 fully saturated rings. The normalized spacial score (nSPS) is 18.2. The first-order valence-corrected chi connectivity index (χ1v) is 6.59. The van der Waals surface area contributed by atoms with Gasteiger partial charge >= 0.3 is 0 Å². The van der Waals surface area contributed by atoms with Crippen molar-refractivity contribution in [3.63, 3.8) is 0 Å². The molecule has 3 nitrogen and oxygen atoms in total. The smallest absolute Gasteiger partial charge is 0.288 e. The van der Waals surface area contributed by atoms with Gasteiger partial charge in [-0.05, 0) is 31.2 Å². The van der Waals surface area contributed by atoms with Gasteiger partial charge in [-0.25, -0.2) is 0 Å². The van der Waals surface area contributed by atoms with Gasteiger partial charge in [-0.1, -0.05) is 17.8 Å². The topological polar surface area (TPSA) is 41.1 Å². The maximum atomic E-state index is 12.2. The molecule has 7 heteroatoms. The van der Waals surface area contributed by atoms with Gasteiger partial charge in [0.05, 0.1) is 5.92 Å². The minimum atomic E-state index is -2.45. The van der Waals surface area contributed by atoms with Crippen LogP contribution in [-0.4, -0.2) is 24.8 Å². The number of rotatable bonds is 4. The molecule has 1 amide bonds. The van der Waals surface area contributed by atoms with Crippen molar-refractivity contribution in [3.8, 4) is 0 Å². The Labute approximate surface area is 120 Å². The molecule has 2 rings (SSSR count). The van der Waals surface area contributed by atoms with Gasteiger partial charge < -0.3 is 10.6 Å². The van der Waals surface area contributed by atoms with Gasteiger partial charge in [0, 0.05) is 17.1 Å². The van der Waals surface area contributed by atoms with E-state index in [9.17, 15) is 13.6 Å². The Balaban J connectivity index is 0.00000180. The average molecular weight is 309 g/mol. The Morgan fingerprint density at radius 3 is 2.89 bits per heavy atom. The Morgan fingerprint density at radius 1 is 1.47 bits per heavy atom. The monoisotopic (exact) mass is 308 g/mol. The van der Waals surface area contributed by atoms with E-state index in [2.05, 4.69) is 10.6 Å². The average Bonchev–Trinajstić information content (AvgIpc) is 2.81. The minimum absolute atomic E-state index is 0. The first-order valence-electron chi connectivity index (χ1n) is 5.71. The zero-order chi connectivity index (χ0) is 13.0. The Hall–Kier alpha value is -0.850. The first-order chi connectivity index (χ1) is 8.65. The fourth-order valence-electron chi connectivity index (χ4n) is 1.87. The van der Waals surface area contributed by atoms with E-state index >= 15 is 0 Å². The highest BCUT2D eigenvalue weighted by atomic mass is 35.5. The summed E-state index contributed by atoms with van der Waals surface area (Å²) in [6, 6.07) is 6.53. The number of carbonyl (C=O) groups is 1. The predicted octanol–water partition coefficient (Wildman–Crippen LogP) is 2.97. The van der Waals surface area contributed by atoms with Gasteiger partial charge in [0.1, 0.15) is 0 Å². The van der Waals surface area contributed by atoms with Crippen molar-refractivity contribution in [2.45, 2.75) is 17.1 Å². The van der Waals surface area contributed by atoms with E-state index in [0.717, 1.165) is 13.0 Å². The third kappa shape index (κ3) is 4.97. The van der Waals surface area contributed by atoms with Crippen LogP contribution in [-0.2, 0) is 4.79 Å². The first kappa shape index (κ1) is 16.2. The summed E-state index contributed by atoms with van der Waals surface area (Å²) in [5.41, 5.74) is 0.567. The summed E-state index contributed by atoms with van der Waals surface area (Å²) in [5, 5.41) is 5.87. The third-order valence-electron chi connectivity index (χ3n) is 2.76. The van der Waals surface area contributed by atoms with Crippen molar-refractivity contribution in [2.75, 3.05) is 18.4 Å². The SMILES string of the molecule is Cl.O=C(Nc1cccc(SC(F)F)c1)C1CCNC1. The van der Waals surface area contributed by atoms with Crippen molar-refractivity contribution < 1.29 is 13.6 Å². The van der Waals surface area contributed by atoms with Crippen LogP contribution in [0.5, 0.6) is 0 Å². The molecule has 1 aromatic carbocycles. The fraction of sp³-hybridized carbons (Fsp3) is 0.417. The summed E-state index contributed by atoms with van der Waals surface area (Å²) < 4.78 is 24.5. The van der Waals surface area contributed by atoms with E-state index < -0.39 is 5.76 Å². The lowest BCUT2D eigenvalue weighted by molar-refractivity contribution is -0.119. The number of halogens is 3. The second-order valence-electron chi connectivity index (χ2n) is 4.09. The Kier molecular flexibility index (Phi) is 6.54. The Bertz CT molecular complexity index is 428. The van der Waals surface area contributed by atoms with Crippen molar-refractivity contribution in [1.29, 1.82) is 0 Å². The van der Waals surface area contributed by atoms with E-state index in [0.29, 0.717) is 28.9 Å². The maximum Gasteiger partial charge on any atom is 0.288 e. The van der Waals surface area contributed by atoms with Crippen LogP contribution in [0.4, 0.5) is 14.5 Å². The molecule has 0 aliphatic carbocycles. The Morgan fingerprint density at radius 2 is 2.26 bits per heavy atom. The van der Waals surface area contributed by atoms with Crippen LogP contribution in [0.2, 0.25) is 0 Å². The van der Waals surface area contributed by atoms with Crippen molar-refractivity contribution >= 4 is 35.8 Å². The number of amides is 1. The van der Waals surface area contributed by atoms with Crippen LogP contribution in [0.15, 0.2) is 29.2 Å². The van der Waals surface area contributed by atoms with Crippen LogP contribution in [0.3, 0.4) is 0 Å². The predicted molar refractivity (Wildman–Crippen MR) is 75.2 cm³/mol. The van der Waals surface area contributed by atoms with Crippen LogP contribution in [0.1, 0.15) is 6.42 Å². The van der Waals surface area contributed by atoms with Gasteiger partial charge in [-0.15, -0.1) is 12.4 Å². The lowest BCUT2D eigenvalue weighted by Crippen LogP contribution is -2.24. The molecule has 1 unspecified atom stereocenters. The van der Waals surface area contributed by atoms with Crippen molar-refractivity contribution in [1.82, 2.24) is 5.32 Å². The van der Waals surface area contributed by atoms with Crippen LogP contribution in [0, 0.1) is 5.92 Å². The molecule has 1 heterocycles. The second-order valence-corrected chi connectivity index (χ2v) is 5.15. The standard InChI is InChI=1S/C12H14F2N2OS.ClH/c13-12(14)18-10-3-1-2-9(6-10)16-11(17)8-4-5-15-7-8;/h1-3,6,8,12,15H,4-5,7H2,(H,16,17);1H. The molecule has 19 heavy (non-hydrogen) atoms. The van der Waals surface area contributed by atoms with Gasteiger partial charge in [0.2, 0.25) is 5.91 Å². The van der Waals surface area contributed by atoms with Crippen molar-refractivity contribution in [3.05, 3.63) is 24.3 Å². The lowest BCUT2D eigenvalue weighted by Gasteiger charge is -2.10. The van der Waals surface area contributed by atoms with E-state index in [1.165, 1.54) is 0 Å². The molecule has 0 bridgehead atoms. The molecular weight excluding hydrogens is 294 g/mol. The number of hydrogen-bond donors (Lipinski definition) is 2. The number of alkyl halides is 2. The summed E-state index contributed by atoms with van der Waals surface area (Å²) in [6.45, 7) is 1.52. The summed E-state index contributed by atoms with van der Waals surface area (Å²) in [5.74, 6) is -2.54. The number of hydrogen-bond acceptors (Lipinski definition) is 3. The van der Waals surface area contributed by atoms with Gasteiger partial charge in [-0.2, -0.15) is 8.78 Å². The zero-order valence-corrected chi connectivity index (χ0v) is 11.7. The highest BCUT2D eigenvalue weighted by molar-refractivity contribution is 7.99. The third-order valence-corrected chi connectivity index (χ3v) is 3.46. The molecule has 0 radical (unpaired) electrons. The lowest BCUT2D eigenvalue weighted by atomic mass is 10.1. The highest BCUT2D eigenvalue weighted by Gasteiger charge is 2.22. The van der Waals surface area contributed by atoms with Crippen LogP contribution >= 0.6 is 24.2 Å². The van der Waals surface area contributed by atoms with Crippen molar-refractivity contribution in [2.24, 2.45) is 5.92 Å². The quantitative estimate of drug-likeness (QED) is 0.840. The van der Waals surface area contributed by atoms with E-state index in [1.807, 2.05) is 0 Å². The van der Waals surface area contributed by atoms with E-state index in [4.69, 9.17) is 0 Å². The summed E-state index contributed by atoms with van der Waals surface area (Å²) in [7, 11) is 0. The second kappa shape index (κ2) is 7.67. The molecule has 0 spiro atoms. The van der Waals surface area contributed by atoms with Crippen LogP contribution < -0.4 is 10.6 Å². The molecule has 106 valence electrons. The minimum Gasteiger partial charge on any atom is -0.326 e. The highest BCUT2D eigenvalue weighted by Crippen LogP contribution is 2.27. The van der Waals surface area contributed by atoms with E-state index in [1.54, 1.807) is 24.3 Å². The molecular formula is C12H15ClF2N2OS. The molecule has 1 atom stereocenters. The zero-order valence-electron chi connectivity index (χ0n) is 10.1. The van der Waals surface area contributed by atoms with Gasteiger partial charge in [-0.3, -0.25) is 4.79 Å². The number of nitrogens with one attached hydrogen (secondary N) is 2. The summed E-state index contributed by atoms with van der Waals surface area (Å²) in [4.78, 5) is 12.3. The van der Waals surface area contributed by atoms with Gasteiger partial charge in [0.15, 0.2) is 0 Å². The molecule has 1 saturated heterocycles. The molecule has 2 N–H and O–H groups in total. The fourth-order valence-corrected chi connectivity index (χ4v) is 2.43. The number of carbonyl (C=O) groups excluding carboxylic acids is 1. The maximum absolute atomic E-state index is 12.2. The largest absolute Gasteiger partial charge is 0.326 e. The van der Waals surface area contributed by atoms with Crippen LogP contribution in [0.25, 0.3) is 0 Å². The molecule has 1 aliphatic heterocycles. The molecule has 1 aromatic rings.